The number of aryl methyl sites for hydroxylation is 1. The van der Waals surface area contributed by atoms with Crippen LogP contribution in [0.2, 0.25) is 0 Å². The van der Waals surface area contributed by atoms with Crippen LogP contribution in [0.1, 0.15) is 18.9 Å². The summed E-state index contributed by atoms with van der Waals surface area (Å²) in [5.41, 5.74) is 12.7. The molecule has 2 nitrogen and oxygen atoms in total. The summed E-state index contributed by atoms with van der Waals surface area (Å²) in [4.78, 5) is 0. The molecule has 1 unspecified atom stereocenters. The summed E-state index contributed by atoms with van der Waals surface area (Å²) in [6, 6.07) is 4.55. The van der Waals surface area contributed by atoms with E-state index in [2.05, 4.69) is 0 Å². The zero-order valence-corrected chi connectivity index (χ0v) is 7.76. The van der Waals surface area contributed by atoms with E-state index in [1.165, 1.54) is 12.1 Å². The van der Waals surface area contributed by atoms with Gasteiger partial charge in [-0.2, -0.15) is 0 Å². The molecule has 1 aromatic rings. The zero-order valence-electron chi connectivity index (χ0n) is 7.76. The number of hydrogen-bond acceptors (Lipinski definition) is 2. The molecule has 13 heavy (non-hydrogen) atoms. The minimum Gasteiger partial charge on any atom is -0.399 e. The van der Waals surface area contributed by atoms with Crippen LogP contribution in [0, 0.1) is 5.82 Å². The lowest BCUT2D eigenvalue weighted by molar-refractivity contribution is 0.620. The van der Waals surface area contributed by atoms with Crippen LogP contribution in [-0.4, -0.2) is 6.04 Å². The first-order valence-electron chi connectivity index (χ1n) is 4.39. The van der Waals surface area contributed by atoms with E-state index in [4.69, 9.17) is 11.5 Å². The number of nitrogen functional groups attached to an aromatic ring is 1. The van der Waals surface area contributed by atoms with Crippen LogP contribution in [0.5, 0.6) is 0 Å². The largest absolute Gasteiger partial charge is 0.399 e. The molecule has 0 spiro atoms. The smallest absolute Gasteiger partial charge is 0.123 e. The Kier molecular flexibility index (Phi) is 3.25. The van der Waals surface area contributed by atoms with Crippen molar-refractivity contribution < 1.29 is 4.39 Å². The van der Waals surface area contributed by atoms with Gasteiger partial charge in [-0.15, -0.1) is 0 Å². The number of anilines is 1. The molecule has 1 aromatic carbocycles. The van der Waals surface area contributed by atoms with Crippen molar-refractivity contribution >= 4 is 5.69 Å². The third-order valence-electron chi connectivity index (χ3n) is 1.97. The van der Waals surface area contributed by atoms with Crippen LogP contribution in [0.4, 0.5) is 10.1 Å². The molecule has 72 valence electrons. The Bertz CT molecular complexity index is 284. The Morgan fingerprint density at radius 1 is 1.46 bits per heavy atom. The summed E-state index contributed by atoms with van der Waals surface area (Å²) in [6.45, 7) is 1.93. The van der Waals surface area contributed by atoms with E-state index in [0.717, 1.165) is 18.4 Å². The minimum absolute atomic E-state index is 0.127. The fourth-order valence-electron chi connectivity index (χ4n) is 1.17. The first kappa shape index (κ1) is 9.99. The fourth-order valence-corrected chi connectivity index (χ4v) is 1.17. The van der Waals surface area contributed by atoms with E-state index in [0.29, 0.717) is 5.69 Å². The first-order chi connectivity index (χ1) is 6.09. The van der Waals surface area contributed by atoms with Crippen molar-refractivity contribution in [3.05, 3.63) is 29.6 Å². The van der Waals surface area contributed by atoms with Crippen molar-refractivity contribution in [1.29, 1.82) is 0 Å². The van der Waals surface area contributed by atoms with Gasteiger partial charge < -0.3 is 11.5 Å². The summed E-state index contributed by atoms with van der Waals surface area (Å²) in [5.74, 6) is -0.242. The summed E-state index contributed by atoms with van der Waals surface area (Å²) in [6.07, 6.45) is 1.56. The van der Waals surface area contributed by atoms with Crippen LogP contribution in [-0.2, 0) is 6.42 Å². The monoisotopic (exact) mass is 182 g/mol. The quantitative estimate of drug-likeness (QED) is 0.699. The molecule has 0 aliphatic rings. The number of halogens is 1. The molecule has 0 amide bonds. The van der Waals surface area contributed by atoms with Gasteiger partial charge in [0.05, 0.1) is 0 Å². The van der Waals surface area contributed by atoms with Crippen LogP contribution < -0.4 is 11.5 Å². The van der Waals surface area contributed by atoms with Gasteiger partial charge in [-0.1, -0.05) is 0 Å². The molecule has 0 aliphatic carbocycles. The van der Waals surface area contributed by atoms with Gasteiger partial charge in [0.15, 0.2) is 0 Å². The maximum absolute atomic E-state index is 12.8. The van der Waals surface area contributed by atoms with Crippen LogP contribution in [0.15, 0.2) is 18.2 Å². The van der Waals surface area contributed by atoms with E-state index in [9.17, 15) is 4.39 Å². The number of benzene rings is 1. The number of hydrogen-bond donors (Lipinski definition) is 2. The van der Waals surface area contributed by atoms with Gasteiger partial charge >= 0.3 is 0 Å². The van der Waals surface area contributed by atoms with Crippen molar-refractivity contribution in [2.24, 2.45) is 5.73 Å². The molecule has 0 radical (unpaired) electrons. The molecule has 1 rings (SSSR count). The lowest BCUT2D eigenvalue weighted by Crippen LogP contribution is -2.15. The van der Waals surface area contributed by atoms with Gasteiger partial charge in [0.1, 0.15) is 5.82 Å². The molecule has 0 aliphatic heterocycles. The second-order valence-electron chi connectivity index (χ2n) is 3.36. The maximum Gasteiger partial charge on any atom is 0.123 e. The highest BCUT2D eigenvalue weighted by atomic mass is 19.1. The fraction of sp³-hybridized carbons (Fsp3) is 0.400. The highest BCUT2D eigenvalue weighted by Crippen LogP contribution is 2.15. The predicted octanol–water partition coefficient (Wildman–Crippen LogP) is 1.69. The van der Waals surface area contributed by atoms with Crippen LogP contribution >= 0.6 is 0 Å². The SMILES string of the molecule is CC(N)CCc1cc(F)ccc1N. The molecule has 0 saturated heterocycles. The van der Waals surface area contributed by atoms with Crippen molar-refractivity contribution in [2.45, 2.75) is 25.8 Å². The Morgan fingerprint density at radius 3 is 2.77 bits per heavy atom. The Hall–Kier alpha value is -1.09. The maximum atomic E-state index is 12.8. The summed E-state index contributed by atoms with van der Waals surface area (Å²) < 4.78 is 12.8. The average molecular weight is 182 g/mol. The third-order valence-corrected chi connectivity index (χ3v) is 1.97. The molecule has 4 N–H and O–H groups in total. The Labute approximate surface area is 77.7 Å². The summed E-state index contributed by atoms with van der Waals surface area (Å²) in [5, 5.41) is 0. The molecule has 0 bridgehead atoms. The Morgan fingerprint density at radius 2 is 2.15 bits per heavy atom. The number of nitrogens with two attached hydrogens (primary N) is 2. The van der Waals surface area contributed by atoms with Gasteiger partial charge in [-0.3, -0.25) is 0 Å². The van der Waals surface area contributed by atoms with E-state index >= 15 is 0 Å². The van der Waals surface area contributed by atoms with E-state index < -0.39 is 0 Å². The Balaban J connectivity index is 2.70. The molecular weight excluding hydrogens is 167 g/mol. The molecular formula is C10H15FN2. The van der Waals surface area contributed by atoms with E-state index in [1.54, 1.807) is 6.07 Å². The van der Waals surface area contributed by atoms with Gasteiger partial charge in [0, 0.05) is 11.7 Å². The topological polar surface area (TPSA) is 52.0 Å². The van der Waals surface area contributed by atoms with Crippen LogP contribution in [0.25, 0.3) is 0 Å². The van der Waals surface area contributed by atoms with E-state index in [-0.39, 0.29) is 11.9 Å². The molecule has 1 atom stereocenters. The van der Waals surface area contributed by atoms with Gasteiger partial charge in [0.25, 0.3) is 0 Å². The van der Waals surface area contributed by atoms with Gasteiger partial charge in [-0.05, 0) is 43.5 Å². The third kappa shape index (κ3) is 3.03. The van der Waals surface area contributed by atoms with Crippen LogP contribution in [0.3, 0.4) is 0 Å². The second kappa shape index (κ2) is 4.23. The van der Waals surface area contributed by atoms with Crippen molar-refractivity contribution in [1.82, 2.24) is 0 Å². The molecule has 0 aromatic heterocycles. The predicted molar refractivity (Wildman–Crippen MR) is 52.8 cm³/mol. The average Bonchev–Trinajstić information content (AvgIpc) is 2.06. The summed E-state index contributed by atoms with van der Waals surface area (Å²) >= 11 is 0. The highest BCUT2D eigenvalue weighted by molar-refractivity contribution is 5.46. The lowest BCUT2D eigenvalue weighted by Gasteiger charge is -2.07. The number of rotatable bonds is 3. The van der Waals surface area contributed by atoms with Crippen molar-refractivity contribution in [3.8, 4) is 0 Å². The van der Waals surface area contributed by atoms with E-state index in [1.807, 2.05) is 6.92 Å². The van der Waals surface area contributed by atoms with Gasteiger partial charge in [0.2, 0.25) is 0 Å². The molecule has 0 heterocycles. The van der Waals surface area contributed by atoms with Crippen molar-refractivity contribution in [2.75, 3.05) is 5.73 Å². The van der Waals surface area contributed by atoms with Crippen molar-refractivity contribution in [3.63, 3.8) is 0 Å². The minimum atomic E-state index is -0.242. The first-order valence-corrected chi connectivity index (χ1v) is 4.39. The lowest BCUT2D eigenvalue weighted by atomic mass is 10.0. The molecule has 0 saturated carbocycles. The zero-order chi connectivity index (χ0) is 9.84. The second-order valence-corrected chi connectivity index (χ2v) is 3.36. The standard InChI is InChI=1S/C10H15FN2/c1-7(12)2-3-8-6-9(11)4-5-10(8)13/h4-7H,2-3,12-13H2,1H3. The van der Waals surface area contributed by atoms with Gasteiger partial charge in [-0.25, -0.2) is 4.39 Å². The molecule has 0 fully saturated rings. The summed E-state index contributed by atoms with van der Waals surface area (Å²) in [7, 11) is 0. The normalized spacial score (nSPS) is 12.8. The molecule has 3 heteroatoms. The highest BCUT2D eigenvalue weighted by Gasteiger charge is 2.02.